The van der Waals surface area contributed by atoms with Gasteiger partial charge in [-0.1, -0.05) is 45.0 Å². The van der Waals surface area contributed by atoms with Crippen molar-refractivity contribution in [3.8, 4) is 0 Å². The van der Waals surface area contributed by atoms with Gasteiger partial charge in [0.05, 0.1) is 0 Å². The average Bonchev–Trinajstić information content (AvgIpc) is 2.29. The number of piperidine rings is 1. The predicted molar refractivity (Wildman–Crippen MR) is 82.0 cm³/mol. The Balaban J connectivity index is 1.92. The molecule has 2 N–H and O–H groups in total. The van der Waals surface area contributed by atoms with Crippen LogP contribution in [-0.2, 0) is 13.0 Å². The summed E-state index contributed by atoms with van der Waals surface area (Å²) in [6.07, 6.45) is 2.34. The number of nitrogens with zero attached hydrogens (tertiary/aromatic N) is 1. The van der Waals surface area contributed by atoms with E-state index < -0.39 is 0 Å². The fourth-order valence-corrected chi connectivity index (χ4v) is 3.15. The van der Waals surface area contributed by atoms with E-state index in [0.29, 0.717) is 6.04 Å². The zero-order valence-electron chi connectivity index (χ0n) is 12.6. The van der Waals surface area contributed by atoms with Crippen LogP contribution in [-0.4, -0.2) is 24.0 Å². The smallest absolute Gasteiger partial charge is 0.0234 e. The number of nitrogens with two attached hydrogens (primary N) is 1. The molecule has 1 saturated heterocycles. The Kier molecular flexibility index (Phi) is 5.00. The first-order valence-corrected chi connectivity index (χ1v) is 7.58. The van der Waals surface area contributed by atoms with Gasteiger partial charge in [-0.25, -0.2) is 0 Å². The zero-order chi connectivity index (χ0) is 13.8. The lowest BCUT2D eigenvalue weighted by atomic mass is 9.96. The van der Waals surface area contributed by atoms with Crippen LogP contribution in [0, 0.1) is 11.8 Å². The second kappa shape index (κ2) is 6.53. The molecule has 2 atom stereocenters. The maximum absolute atomic E-state index is 6.11. The molecule has 0 saturated carbocycles. The van der Waals surface area contributed by atoms with E-state index in [1.165, 1.54) is 30.5 Å². The van der Waals surface area contributed by atoms with Gasteiger partial charge in [-0.2, -0.15) is 0 Å². The Morgan fingerprint density at radius 3 is 2.37 bits per heavy atom. The van der Waals surface area contributed by atoms with Gasteiger partial charge in [0.2, 0.25) is 0 Å². The van der Waals surface area contributed by atoms with Gasteiger partial charge in [-0.15, -0.1) is 0 Å². The molecule has 0 radical (unpaired) electrons. The van der Waals surface area contributed by atoms with Gasteiger partial charge in [-0.3, -0.25) is 4.90 Å². The van der Waals surface area contributed by atoms with Crippen LogP contribution >= 0.6 is 0 Å². The zero-order valence-corrected chi connectivity index (χ0v) is 12.6. The number of rotatable bonds is 4. The van der Waals surface area contributed by atoms with E-state index in [4.69, 9.17) is 5.73 Å². The number of hydrogen-bond donors (Lipinski definition) is 1. The van der Waals surface area contributed by atoms with Gasteiger partial charge >= 0.3 is 0 Å². The largest absolute Gasteiger partial charge is 0.327 e. The van der Waals surface area contributed by atoms with Crippen molar-refractivity contribution in [3.63, 3.8) is 0 Å². The monoisotopic (exact) mass is 260 g/mol. The Bertz CT molecular complexity index is 373. The molecule has 2 nitrogen and oxygen atoms in total. The van der Waals surface area contributed by atoms with Gasteiger partial charge in [0.1, 0.15) is 0 Å². The topological polar surface area (TPSA) is 29.3 Å². The van der Waals surface area contributed by atoms with E-state index in [1.807, 2.05) is 0 Å². The lowest BCUT2D eigenvalue weighted by Gasteiger charge is -2.34. The normalized spacial score (nSPS) is 24.9. The minimum absolute atomic E-state index is 0.351. The highest BCUT2D eigenvalue weighted by molar-refractivity contribution is 5.23. The van der Waals surface area contributed by atoms with E-state index in [2.05, 4.69) is 49.9 Å². The molecule has 19 heavy (non-hydrogen) atoms. The molecule has 1 aliphatic rings. The quantitative estimate of drug-likeness (QED) is 0.901. The first-order valence-electron chi connectivity index (χ1n) is 7.58. The van der Waals surface area contributed by atoms with Crippen molar-refractivity contribution in [1.82, 2.24) is 4.90 Å². The molecular formula is C17H28N2. The molecule has 0 aromatic heterocycles. The highest BCUT2D eigenvalue weighted by atomic mass is 15.1. The molecule has 106 valence electrons. The molecular weight excluding hydrogens is 232 g/mol. The molecule has 0 amide bonds. The molecule has 1 heterocycles. The van der Waals surface area contributed by atoms with Crippen molar-refractivity contribution in [3.05, 3.63) is 35.4 Å². The lowest BCUT2D eigenvalue weighted by molar-refractivity contribution is 0.158. The first kappa shape index (κ1) is 14.5. The molecule has 1 aliphatic heterocycles. The minimum Gasteiger partial charge on any atom is -0.327 e. The third-order valence-corrected chi connectivity index (χ3v) is 3.84. The summed E-state index contributed by atoms with van der Waals surface area (Å²) in [5, 5.41) is 0. The standard InChI is InChI=1S/C17H28N2/c1-13(2)8-15-4-6-16(7-5-15)11-19-10-14(3)9-17(18)12-19/h4-7,13-14,17H,8-12,18H2,1-3H3. The van der Waals surface area contributed by atoms with Gasteiger partial charge in [0.25, 0.3) is 0 Å². The fraction of sp³-hybridized carbons (Fsp3) is 0.647. The van der Waals surface area contributed by atoms with Crippen molar-refractivity contribution in [2.24, 2.45) is 17.6 Å². The van der Waals surface area contributed by atoms with Crippen LogP contribution < -0.4 is 5.73 Å². The molecule has 0 bridgehead atoms. The summed E-state index contributed by atoms with van der Waals surface area (Å²) in [6.45, 7) is 10.1. The summed E-state index contributed by atoms with van der Waals surface area (Å²) in [5.41, 5.74) is 8.96. The van der Waals surface area contributed by atoms with E-state index in [1.54, 1.807) is 0 Å². The van der Waals surface area contributed by atoms with Crippen LogP contribution in [0.3, 0.4) is 0 Å². The summed E-state index contributed by atoms with van der Waals surface area (Å²) in [7, 11) is 0. The molecule has 2 rings (SSSR count). The second-order valence-electron chi connectivity index (χ2n) is 6.71. The molecule has 2 heteroatoms. The van der Waals surface area contributed by atoms with Gasteiger partial charge in [0.15, 0.2) is 0 Å². The van der Waals surface area contributed by atoms with E-state index in [0.717, 1.165) is 24.9 Å². The van der Waals surface area contributed by atoms with Crippen LogP contribution in [0.4, 0.5) is 0 Å². The molecule has 1 aromatic rings. The van der Waals surface area contributed by atoms with E-state index in [-0.39, 0.29) is 0 Å². The van der Waals surface area contributed by atoms with Crippen molar-refractivity contribution in [1.29, 1.82) is 0 Å². The molecule has 0 aliphatic carbocycles. The van der Waals surface area contributed by atoms with E-state index in [9.17, 15) is 0 Å². The maximum Gasteiger partial charge on any atom is 0.0234 e. The molecule has 1 aromatic carbocycles. The number of hydrogen-bond acceptors (Lipinski definition) is 2. The van der Waals surface area contributed by atoms with Crippen molar-refractivity contribution < 1.29 is 0 Å². The van der Waals surface area contributed by atoms with Crippen molar-refractivity contribution in [2.75, 3.05) is 13.1 Å². The first-order chi connectivity index (χ1) is 9.02. The van der Waals surface area contributed by atoms with Crippen LogP contribution in [0.15, 0.2) is 24.3 Å². The Morgan fingerprint density at radius 2 is 1.79 bits per heavy atom. The van der Waals surface area contributed by atoms with Crippen LogP contribution in [0.25, 0.3) is 0 Å². The van der Waals surface area contributed by atoms with Gasteiger partial charge < -0.3 is 5.73 Å². The van der Waals surface area contributed by atoms with Gasteiger partial charge in [0, 0.05) is 25.7 Å². The van der Waals surface area contributed by atoms with Crippen molar-refractivity contribution in [2.45, 2.75) is 46.2 Å². The summed E-state index contributed by atoms with van der Waals surface area (Å²) < 4.78 is 0. The molecule has 0 spiro atoms. The van der Waals surface area contributed by atoms with Crippen LogP contribution in [0.2, 0.25) is 0 Å². The number of likely N-dealkylation sites (tertiary alicyclic amines) is 1. The Morgan fingerprint density at radius 1 is 1.16 bits per heavy atom. The number of benzene rings is 1. The highest BCUT2D eigenvalue weighted by Crippen LogP contribution is 2.18. The van der Waals surface area contributed by atoms with Crippen LogP contribution in [0.1, 0.15) is 38.3 Å². The fourth-order valence-electron chi connectivity index (χ4n) is 3.15. The summed E-state index contributed by atoms with van der Waals surface area (Å²) in [6, 6.07) is 9.47. The Labute approximate surface area is 118 Å². The maximum atomic E-state index is 6.11. The third-order valence-electron chi connectivity index (χ3n) is 3.84. The molecule has 1 fully saturated rings. The average molecular weight is 260 g/mol. The van der Waals surface area contributed by atoms with E-state index >= 15 is 0 Å². The van der Waals surface area contributed by atoms with Crippen LogP contribution in [0.5, 0.6) is 0 Å². The summed E-state index contributed by atoms with van der Waals surface area (Å²) in [5.74, 6) is 1.45. The third kappa shape index (κ3) is 4.63. The lowest BCUT2D eigenvalue weighted by Crippen LogP contribution is -2.45. The Hall–Kier alpha value is -0.860. The van der Waals surface area contributed by atoms with Gasteiger partial charge in [-0.05, 0) is 35.8 Å². The second-order valence-corrected chi connectivity index (χ2v) is 6.71. The summed E-state index contributed by atoms with van der Waals surface area (Å²) in [4.78, 5) is 2.50. The van der Waals surface area contributed by atoms with Crippen molar-refractivity contribution >= 4 is 0 Å². The SMILES string of the molecule is CC(C)Cc1ccc(CN2CC(C)CC(N)C2)cc1. The minimum atomic E-state index is 0.351. The summed E-state index contributed by atoms with van der Waals surface area (Å²) >= 11 is 0. The molecule has 2 unspecified atom stereocenters. The highest BCUT2D eigenvalue weighted by Gasteiger charge is 2.21. The predicted octanol–water partition coefficient (Wildman–Crippen LogP) is 3.05.